The molecule has 0 amide bonds. The zero-order valence-electron chi connectivity index (χ0n) is 17.4. The fraction of sp³-hybridized carbons (Fsp3) is 0.895. The van der Waals surface area contributed by atoms with Crippen LogP contribution in [0, 0.1) is 0 Å². The monoisotopic (exact) mass is 374 g/mol. The van der Waals surface area contributed by atoms with Crippen molar-refractivity contribution in [3.05, 3.63) is 0 Å². The fourth-order valence-corrected chi connectivity index (χ4v) is 2.64. The van der Waals surface area contributed by atoms with Crippen molar-refractivity contribution in [1.82, 2.24) is 0 Å². The Morgan fingerprint density at radius 3 is 1.12 bits per heavy atom. The molecular formula is C19H36LiNaO5. The first-order valence-electron chi connectivity index (χ1n) is 9.60. The third-order valence-electron chi connectivity index (χ3n) is 3.98. The van der Waals surface area contributed by atoms with Gasteiger partial charge in [-0.05, 0) is 12.8 Å². The van der Waals surface area contributed by atoms with E-state index >= 15 is 0 Å². The molecule has 0 atom stereocenters. The zero-order valence-corrected chi connectivity index (χ0v) is 19.4. The Bertz CT molecular complexity index is 287. The summed E-state index contributed by atoms with van der Waals surface area (Å²) in [7, 11) is 0. The Labute approximate surface area is 194 Å². The van der Waals surface area contributed by atoms with E-state index in [-0.39, 0.29) is 54.8 Å². The Kier molecular flexibility index (Phi) is 39.2. The molecule has 0 unspecified atom stereocenters. The molecule has 0 bridgehead atoms. The van der Waals surface area contributed by atoms with Crippen LogP contribution < -0.4 is 58.6 Å². The summed E-state index contributed by atoms with van der Waals surface area (Å²) >= 11 is 0. The number of aliphatic carboxylic acids is 1. The van der Waals surface area contributed by atoms with Crippen molar-refractivity contribution in [2.75, 3.05) is 0 Å². The number of unbranched alkanes of at least 4 members (excludes halogenated alkanes) is 14. The van der Waals surface area contributed by atoms with E-state index in [2.05, 4.69) is 6.92 Å². The van der Waals surface area contributed by atoms with Crippen molar-refractivity contribution in [3.63, 3.8) is 0 Å². The minimum atomic E-state index is -2.08. The molecule has 0 spiro atoms. The predicted molar refractivity (Wildman–Crippen MR) is 92.6 cm³/mol. The van der Waals surface area contributed by atoms with Gasteiger partial charge in [0.1, 0.15) is 0 Å². The molecule has 0 aliphatic carbocycles. The number of carbonyl (C=O) groups excluding carboxylic acids is 1. The quantitative estimate of drug-likeness (QED) is 0.246. The standard InChI is InChI=1S/C18H36O2.CH2O3.Li.Na/c1-2-3-4-5-6-7-8-9-10-11-12-13-14-15-16-17-18(19)20;2-1(3)4;;/h2-17H2,1H3,(H,19,20);(H2,2,3,4);;/q;;2*+1/p-2. The third kappa shape index (κ3) is 44.1. The number of rotatable bonds is 16. The largest absolute Gasteiger partial charge is 1.00 e. The van der Waals surface area contributed by atoms with E-state index in [4.69, 9.17) is 15.0 Å². The fourth-order valence-electron chi connectivity index (χ4n) is 2.64. The summed E-state index contributed by atoms with van der Waals surface area (Å²) in [6.07, 6.45) is 17.8. The molecule has 144 valence electrons. The molecule has 1 N–H and O–H groups in total. The summed E-state index contributed by atoms with van der Waals surface area (Å²) in [5.41, 5.74) is 0. The van der Waals surface area contributed by atoms with E-state index in [1.165, 1.54) is 83.5 Å². The number of carboxylic acids is 1. The molecule has 5 nitrogen and oxygen atoms in total. The smallest absolute Gasteiger partial charge is 0.565 e. The Balaban J connectivity index is -0.000000363. The summed E-state index contributed by atoms with van der Waals surface area (Å²) in [6, 6.07) is 0. The van der Waals surface area contributed by atoms with E-state index in [0.29, 0.717) is 0 Å². The second kappa shape index (κ2) is 30.1. The summed E-state index contributed by atoms with van der Waals surface area (Å²) in [6.45, 7) is 2.27. The van der Waals surface area contributed by atoms with Crippen molar-refractivity contribution >= 4 is 12.1 Å². The van der Waals surface area contributed by atoms with Crippen LogP contribution in [0.2, 0.25) is 0 Å². The first-order chi connectivity index (χ1) is 11.5. The molecule has 0 saturated carbocycles. The van der Waals surface area contributed by atoms with Gasteiger partial charge in [-0.3, -0.25) is 0 Å². The van der Waals surface area contributed by atoms with Crippen LogP contribution in [0.3, 0.4) is 0 Å². The molecule has 0 radical (unpaired) electrons. The van der Waals surface area contributed by atoms with E-state index in [0.717, 1.165) is 12.8 Å². The van der Waals surface area contributed by atoms with Crippen LogP contribution in [0.5, 0.6) is 0 Å². The van der Waals surface area contributed by atoms with Gasteiger partial charge in [0.05, 0.1) is 0 Å². The summed E-state index contributed by atoms with van der Waals surface area (Å²) in [4.78, 5) is 18.7. The minimum Gasteiger partial charge on any atom is -0.565 e. The van der Waals surface area contributed by atoms with E-state index in [1.807, 2.05) is 0 Å². The zero-order chi connectivity index (χ0) is 18.5. The topological polar surface area (TPSA) is 100 Å². The average molecular weight is 374 g/mol. The van der Waals surface area contributed by atoms with Gasteiger partial charge in [-0.1, -0.05) is 96.8 Å². The van der Waals surface area contributed by atoms with Crippen molar-refractivity contribution < 1.29 is 73.3 Å². The first-order valence-corrected chi connectivity index (χ1v) is 9.60. The van der Waals surface area contributed by atoms with Gasteiger partial charge in [-0.25, -0.2) is 0 Å². The molecule has 26 heavy (non-hydrogen) atoms. The van der Waals surface area contributed by atoms with Gasteiger partial charge in [0.15, 0.2) is 0 Å². The normalized spacial score (nSPS) is 9.27. The molecule has 0 aromatic heterocycles. The summed E-state index contributed by atoms with van der Waals surface area (Å²) in [5.74, 6) is -0.903. The summed E-state index contributed by atoms with van der Waals surface area (Å²) in [5, 5.41) is 25.5. The van der Waals surface area contributed by atoms with Crippen molar-refractivity contribution in [3.8, 4) is 0 Å². The van der Waals surface area contributed by atoms with Crippen molar-refractivity contribution in [1.29, 1.82) is 0 Å². The number of carboxylic acid groups (broad SMARTS) is 3. The average Bonchev–Trinajstić information content (AvgIpc) is 2.50. The molecule has 0 aromatic rings. The Morgan fingerprint density at radius 2 is 0.885 bits per heavy atom. The SMILES string of the molecule is CCCCCCCCCCCCCCCCCC(=O)[O-].O=C([O-])O.[Li+].[Na+]. The molecule has 0 aliphatic heterocycles. The van der Waals surface area contributed by atoms with Gasteiger partial charge in [0.25, 0.3) is 0 Å². The maximum absolute atomic E-state index is 10.2. The van der Waals surface area contributed by atoms with Gasteiger partial charge in [-0.15, -0.1) is 0 Å². The van der Waals surface area contributed by atoms with Gasteiger partial charge >= 0.3 is 48.4 Å². The molecule has 0 fully saturated rings. The molecule has 0 aliphatic rings. The van der Waals surface area contributed by atoms with Crippen LogP contribution in [0.15, 0.2) is 0 Å². The third-order valence-corrected chi connectivity index (χ3v) is 3.98. The number of hydrogen-bond donors (Lipinski definition) is 1. The Morgan fingerprint density at radius 1 is 0.654 bits per heavy atom. The van der Waals surface area contributed by atoms with Gasteiger partial charge in [0, 0.05) is 5.97 Å². The number of hydrogen-bond acceptors (Lipinski definition) is 4. The van der Waals surface area contributed by atoms with Gasteiger partial charge in [-0.2, -0.15) is 0 Å². The van der Waals surface area contributed by atoms with Gasteiger partial charge < -0.3 is 24.9 Å². The van der Waals surface area contributed by atoms with Gasteiger partial charge in [0.2, 0.25) is 6.16 Å². The number of carbonyl (C=O) groups is 2. The van der Waals surface area contributed by atoms with Crippen LogP contribution in [0.4, 0.5) is 4.79 Å². The summed E-state index contributed by atoms with van der Waals surface area (Å²) < 4.78 is 0. The molecule has 0 heterocycles. The molecule has 7 heteroatoms. The van der Waals surface area contributed by atoms with Crippen LogP contribution in [-0.4, -0.2) is 17.2 Å². The van der Waals surface area contributed by atoms with Crippen LogP contribution in [0.25, 0.3) is 0 Å². The van der Waals surface area contributed by atoms with Crippen LogP contribution >= 0.6 is 0 Å². The second-order valence-corrected chi connectivity index (χ2v) is 6.34. The maximum Gasteiger partial charge on any atom is 1.00 e. The molecule has 0 aromatic carbocycles. The van der Waals surface area contributed by atoms with E-state index in [1.54, 1.807) is 0 Å². The molecule has 0 rings (SSSR count). The first kappa shape index (κ1) is 33.9. The van der Waals surface area contributed by atoms with Crippen molar-refractivity contribution in [2.45, 2.75) is 110 Å². The van der Waals surface area contributed by atoms with E-state index < -0.39 is 12.1 Å². The van der Waals surface area contributed by atoms with E-state index in [9.17, 15) is 9.90 Å². The molecular weight excluding hydrogens is 338 g/mol. The Hall–Kier alpha value is 0.337. The van der Waals surface area contributed by atoms with Crippen LogP contribution in [-0.2, 0) is 4.79 Å². The second-order valence-electron chi connectivity index (χ2n) is 6.34. The van der Waals surface area contributed by atoms with Crippen molar-refractivity contribution in [2.24, 2.45) is 0 Å². The predicted octanol–water partition coefficient (Wildman–Crippen LogP) is -2.11. The molecule has 0 saturated heterocycles. The van der Waals surface area contributed by atoms with Crippen LogP contribution in [0.1, 0.15) is 110 Å². The maximum atomic E-state index is 10.2. The minimum absolute atomic E-state index is 0.